The Hall–Kier alpha value is -2.35. The summed E-state index contributed by atoms with van der Waals surface area (Å²) in [6.45, 7) is 0.745. The number of hydrogen-bond acceptors (Lipinski definition) is 5. The van der Waals surface area contributed by atoms with E-state index in [4.69, 9.17) is 10.3 Å². The minimum Gasteiger partial charge on any atom is -0.467 e. The van der Waals surface area contributed by atoms with Crippen LogP contribution in [0.1, 0.15) is 29.0 Å². The van der Waals surface area contributed by atoms with Gasteiger partial charge >= 0.3 is 0 Å². The second kappa shape index (κ2) is 5.21. The predicted octanol–water partition coefficient (Wildman–Crippen LogP) is -0.784. The fourth-order valence-corrected chi connectivity index (χ4v) is 2.92. The Morgan fingerprint density at radius 3 is 3.05 bits per heavy atom. The molecule has 2 aliphatic heterocycles. The summed E-state index contributed by atoms with van der Waals surface area (Å²) in [5.41, 5.74) is 2.29. The number of hydrogen-bond donors (Lipinski definition) is 2. The highest BCUT2D eigenvalue weighted by Crippen LogP contribution is 2.25. The molecular formula is C13H16N4O4. The number of hydrazine groups is 1. The Labute approximate surface area is 120 Å². The van der Waals surface area contributed by atoms with Crippen molar-refractivity contribution in [2.75, 3.05) is 13.1 Å². The molecule has 3 amide bonds. The number of nitrogen functional groups attached to an aromatic ring is 1. The maximum Gasteiger partial charge on any atom is 0.268 e. The number of amides is 3. The summed E-state index contributed by atoms with van der Waals surface area (Å²) < 4.78 is 5.25. The van der Waals surface area contributed by atoms with Crippen LogP contribution in [0, 0.1) is 0 Å². The molecule has 0 radical (unpaired) electrons. The molecule has 3 rings (SSSR count). The molecule has 1 aromatic heterocycles. The number of nitrogens with two attached hydrogens (primary N) is 1. The Morgan fingerprint density at radius 1 is 1.48 bits per heavy atom. The van der Waals surface area contributed by atoms with E-state index < -0.39 is 5.91 Å². The van der Waals surface area contributed by atoms with Gasteiger partial charge in [-0.2, -0.15) is 0 Å². The summed E-state index contributed by atoms with van der Waals surface area (Å²) in [7, 11) is 0. The molecule has 112 valence electrons. The molecule has 1 unspecified atom stereocenters. The summed E-state index contributed by atoms with van der Waals surface area (Å²) in [5.74, 6) is 4.78. The zero-order valence-corrected chi connectivity index (χ0v) is 11.4. The quantitative estimate of drug-likeness (QED) is 0.431. The van der Waals surface area contributed by atoms with Gasteiger partial charge < -0.3 is 14.2 Å². The molecule has 0 spiro atoms. The van der Waals surface area contributed by atoms with Crippen molar-refractivity contribution >= 4 is 17.7 Å². The highest BCUT2D eigenvalue weighted by Gasteiger charge is 2.42. The number of nitrogens with zero attached hydrogens (tertiary/aromatic N) is 2. The number of carbonyl (C=O) groups excluding carboxylic acids is 3. The number of piperazine rings is 1. The van der Waals surface area contributed by atoms with Crippen LogP contribution in [-0.2, 0) is 16.1 Å². The fraction of sp³-hybridized carbons (Fsp3) is 0.462. The normalized spacial score (nSPS) is 21.7. The molecule has 0 bridgehead atoms. The van der Waals surface area contributed by atoms with Crippen molar-refractivity contribution in [2.24, 2.45) is 5.84 Å². The van der Waals surface area contributed by atoms with Gasteiger partial charge in [-0.15, -0.1) is 0 Å². The van der Waals surface area contributed by atoms with E-state index >= 15 is 0 Å². The van der Waals surface area contributed by atoms with Crippen molar-refractivity contribution in [3.8, 4) is 0 Å². The van der Waals surface area contributed by atoms with E-state index in [0.29, 0.717) is 18.7 Å². The molecule has 0 aliphatic carbocycles. The van der Waals surface area contributed by atoms with Gasteiger partial charge in [-0.3, -0.25) is 19.8 Å². The van der Waals surface area contributed by atoms with Gasteiger partial charge in [0.2, 0.25) is 11.8 Å². The lowest BCUT2D eigenvalue weighted by molar-refractivity contribution is -0.154. The first kappa shape index (κ1) is 13.6. The van der Waals surface area contributed by atoms with E-state index in [-0.39, 0.29) is 36.5 Å². The molecule has 8 nitrogen and oxygen atoms in total. The number of nitrogens with one attached hydrogen (secondary N) is 1. The molecular weight excluding hydrogens is 276 g/mol. The third kappa shape index (κ3) is 2.27. The van der Waals surface area contributed by atoms with Crippen molar-refractivity contribution in [1.82, 2.24) is 15.2 Å². The van der Waals surface area contributed by atoms with Gasteiger partial charge in [0.15, 0.2) is 0 Å². The summed E-state index contributed by atoms with van der Waals surface area (Å²) >= 11 is 0. The molecule has 3 N–H and O–H groups in total. The molecule has 2 aliphatic rings. The van der Waals surface area contributed by atoms with E-state index in [1.165, 1.54) is 17.2 Å². The number of furan rings is 1. The monoisotopic (exact) mass is 292 g/mol. The molecule has 1 aromatic rings. The Kier molecular flexibility index (Phi) is 3.38. The van der Waals surface area contributed by atoms with Gasteiger partial charge in [-0.25, -0.2) is 5.84 Å². The lowest BCUT2D eigenvalue weighted by atomic mass is 10.1. The van der Waals surface area contributed by atoms with Crippen LogP contribution in [0.15, 0.2) is 16.7 Å². The second-order valence-corrected chi connectivity index (χ2v) is 5.17. The maximum absolute atomic E-state index is 12.4. The van der Waals surface area contributed by atoms with E-state index in [0.717, 1.165) is 6.42 Å². The van der Waals surface area contributed by atoms with Crippen LogP contribution in [-0.4, -0.2) is 46.7 Å². The van der Waals surface area contributed by atoms with Crippen LogP contribution < -0.4 is 11.3 Å². The first-order valence-corrected chi connectivity index (χ1v) is 6.77. The van der Waals surface area contributed by atoms with Crippen molar-refractivity contribution < 1.29 is 18.8 Å². The van der Waals surface area contributed by atoms with Crippen molar-refractivity contribution in [1.29, 1.82) is 0 Å². The van der Waals surface area contributed by atoms with E-state index in [2.05, 4.69) is 0 Å². The molecule has 0 aromatic carbocycles. The van der Waals surface area contributed by atoms with Gasteiger partial charge in [0.25, 0.3) is 5.91 Å². The predicted molar refractivity (Wildman–Crippen MR) is 70.5 cm³/mol. The van der Waals surface area contributed by atoms with Gasteiger partial charge in [0, 0.05) is 6.54 Å². The molecule has 2 fully saturated rings. The number of carbonyl (C=O) groups is 3. The van der Waals surface area contributed by atoms with Gasteiger partial charge in [0.05, 0.1) is 18.4 Å². The average Bonchev–Trinajstić information content (AvgIpc) is 3.12. The van der Waals surface area contributed by atoms with E-state index in [1.807, 2.05) is 5.43 Å². The van der Waals surface area contributed by atoms with Gasteiger partial charge in [-0.05, 0) is 18.9 Å². The first-order valence-electron chi connectivity index (χ1n) is 6.77. The van der Waals surface area contributed by atoms with Crippen LogP contribution in [0.4, 0.5) is 0 Å². The smallest absolute Gasteiger partial charge is 0.268 e. The van der Waals surface area contributed by atoms with E-state index in [9.17, 15) is 14.4 Å². The van der Waals surface area contributed by atoms with Crippen molar-refractivity contribution in [3.63, 3.8) is 0 Å². The van der Waals surface area contributed by atoms with E-state index in [1.54, 1.807) is 4.90 Å². The van der Waals surface area contributed by atoms with Crippen molar-refractivity contribution in [3.05, 3.63) is 23.7 Å². The summed E-state index contributed by atoms with van der Waals surface area (Å²) in [4.78, 5) is 39.1. The van der Waals surface area contributed by atoms with Crippen LogP contribution in [0.25, 0.3) is 0 Å². The highest BCUT2D eigenvalue weighted by atomic mass is 16.3. The minimum atomic E-state index is -0.489. The largest absolute Gasteiger partial charge is 0.467 e. The standard InChI is InChI=1S/C13H16N4O4/c14-15-12(19)8-3-5-21-10(8)6-16-7-11(18)17-4-1-2-9(17)13(16)20/h3,5,9H,1-2,4,6-7,14H2,(H,15,19). The minimum absolute atomic E-state index is 0.0136. The Bertz CT molecular complexity index is 597. The Balaban J connectivity index is 1.79. The van der Waals surface area contributed by atoms with Gasteiger partial charge in [-0.1, -0.05) is 0 Å². The third-order valence-electron chi connectivity index (χ3n) is 3.95. The second-order valence-electron chi connectivity index (χ2n) is 5.17. The maximum atomic E-state index is 12.4. The van der Waals surface area contributed by atoms with Crippen molar-refractivity contribution in [2.45, 2.75) is 25.4 Å². The third-order valence-corrected chi connectivity index (χ3v) is 3.95. The zero-order valence-electron chi connectivity index (χ0n) is 11.4. The lowest BCUT2D eigenvalue weighted by Gasteiger charge is -2.36. The Morgan fingerprint density at radius 2 is 2.29 bits per heavy atom. The summed E-state index contributed by atoms with van der Waals surface area (Å²) in [5, 5.41) is 0. The summed E-state index contributed by atoms with van der Waals surface area (Å²) in [6, 6.07) is 1.11. The fourth-order valence-electron chi connectivity index (χ4n) is 2.92. The molecule has 21 heavy (non-hydrogen) atoms. The molecule has 2 saturated heterocycles. The number of fused-ring (bicyclic) bond motifs is 1. The number of rotatable bonds is 3. The lowest BCUT2D eigenvalue weighted by Crippen LogP contribution is -2.56. The summed E-state index contributed by atoms with van der Waals surface area (Å²) in [6.07, 6.45) is 2.89. The molecule has 8 heteroatoms. The van der Waals surface area contributed by atoms with Crippen LogP contribution in [0.5, 0.6) is 0 Å². The zero-order chi connectivity index (χ0) is 15.0. The topological polar surface area (TPSA) is 109 Å². The average molecular weight is 292 g/mol. The van der Waals surface area contributed by atoms with Crippen LogP contribution >= 0.6 is 0 Å². The SMILES string of the molecule is NNC(=O)c1ccoc1CN1CC(=O)N2CCCC2C1=O. The molecule has 3 heterocycles. The molecule has 0 saturated carbocycles. The first-order chi connectivity index (χ1) is 10.1. The molecule has 1 atom stereocenters. The van der Waals surface area contributed by atoms with Crippen LogP contribution in [0.3, 0.4) is 0 Å². The van der Waals surface area contributed by atoms with Gasteiger partial charge in [0.1, 0.15) is 18.3 Å². The van der Waals surface area contributed by atoms with Crippen LogP contribution in [0.2, 0.25) is 0 Å². The highest BCUT2D eigenvalue weighted by molar-refractivity contribution is 5.96.